The van der Waals surface area contributed by atoms with Crippen LogP contribution >= 0.6 is 0 Å². The van der Waals surface area contributed by atoms with Crippen LogP contribution in [0.15, 0.2) is 18.5 Å². The Kier molecular flexibility index (Phi) is 6.49. The summed E-state index contributed by atoms with van der Waals surface area (Å²) in [7, 11) is 0. The topological polar surface area (TPSA) is 34.1 Å². The number of halogens is 1. The van der Waals surface area contributed by atoms with Gasteiger partial charge in [-0.15, -0.1) is 0 Å². The van der Waals surface area contributed by atoms with Crippen molar-refractivity contribution < 1.29 is 9.13 Å². The van der Waals surface area contributed by atoms with Crippen LogP contribution in [0.25, 0.3) is 0 Å². The molecule has 2 rings (SSSR count). The SMILES string of the molecule is CC(Oc1cncc(C#CCCCCF)c1)C1CCCN1. The van der Waals surface area contributed by atoms with Gasteiger partial charge in [-0.25, -0.2) is 0 Å². The number of unbranched alkanes of at least 4 members (excludes halogenated alkanes) is 2. The van der Waals surface area contributed by atoms with Crippen LogP contribution in [0.2, 0.25) is 0 Å². The van der Waals surface area contributed by atoms with Gasteiger partial charge < -0.3 is 10.1 Å². The van der Waals surface area contributed by atoms with Crippen molar-refractivity contribution in [3.63, 3.8) is 0 Å². The first-order valence-electron chi connectivity index (χ1n) is 7.69. The number of hydrogen-bond acceptors (Lipinski definition) is 3. The lowest BCUT2D eigenvalue weighted by Gasteiger charge is -2.20. The first-order valence-corrected chi connectivity index (χ1v) is 7.69. The summed E-state index contributed by atoms with van der Waals surface area (Å²) in [5.74, 6) is 6.86. The molecule has 1 fully saturated rings. The number of hydrogen-bond donors (Lipinski definition) is 1. The molecule has 0 saturated carbocycles. The molecule has 3 nitrogen and oxygen atoms in total. The number of nitrogens with one attached hydrogen (secondary N) is 1. The first kappa shape index (κ1) is 15.8. The Morgan fingerprint density at radius 3 is 3.14 bits per heavy atom. The summed E-state index contributed by atoms with van der Waals surface area (Å²) in [5, 5.41) is 3.44. The molecule has 0 bridgehead atoms. The molecule has 4 heteroatoms. The minimum Gasteiger partial charge on any atom is -0.487 e. The molecule has 0 aromatic carbocycles. The van der Waals surface area contributed by atoms with Crippen molar-refractivity contribution in [2.45, 2.75) is 51.2 Å². The fourth-order valence-electron chi connectivity index (χ4n) is 2.43. The Labute approximate surface area is 126 Å². The summed E-state index contributed by atoms with van der Waals surface area (Å²) in [4.78, 5) is 4.17. The molecule has 0 spiro atoms. The lowest BCUT2D eigenvalue weighted by molar-refractivity contribution is 0.179. The molecule has 1 aliphatic rings. The molecule has 114 valence electrons. The van der Waals surface area contributed by atoms with E-state index in [1.807, 2.05) is 6.07 Å². The van der Waals surface area contributed by atoms with Crippen LogP contribution < -0.4 is 10.1 Å². The van der Waals surface area contributed by atoms with E-state index in [1.165, 1.54) is 6.42 Å². The lowest BCUT2D eigenvalue weighted by atomic mass is 10.1. The van der Waals surface area contributed by atoms with Crippen LogP contribution in [0.1, 0.15) is 44.6 Å². The summed E-state index contributed by atoms with van der Waals surface area (Å²) < 4.78 is 17.9. The smallest absolute Gasteiger partial charge is 0.139 e. The largest absolute Gasteiger partial charge is 0.487 e. The zero-order valence-electron chi connectivity index (χ0n) is 12.6. The van der Waals surface area contributed by atoms with Crippen molar-refractivity contribution in [2.75, 3.05) is 13.2 Å². The quantitative estimate of drug-likeness (QED) is 0.646. The minimum absolute atomic E-state index is 0.127. The average molecular weight is 290 g/mol. The Bertz CT molecular complexity index is 489. The van der Waals surface area contributed by atoms with E-state index in [0.29, 0.717) is 12.5 Å². The van der Waals surface area contributed by atoms with Crippen LogP contribution in [0.5, 0.6) is 5.75 Å². The van der Waals surface area contributed by atoms with E-state index in [2.05, 4.69) is 29.1 Å². The predicted octanol–water partition coefficient (Wildman–Crippen LogP) is 3.09. The van der Waals surface area contributed by atoms with Crippen molar-refractivity contribution >= 4 is 0 Å². The highest BCUT2D eigenvalue weighted by molar-refractivity contribution is 5.36. The van der Waals surface area contributed by atoms with E-state index in [1.54, 1.807) is 12.4 Å². The van der Waals surface area contributed by atoms with Gasteiger partial charge in [0, 0.05) is 24.2 Å². The van der Waals surface area contributed by atoms with E-state index in [9.17, 15) is 4.39 Å². The molecule has 0 aliphatic carbocycles. The van der Waals surface area contributed by atoms with Gasteiger partial charge in [-0.05, 0) is 45.2 Å². The van der Waals surface area contributed by atoms with Crippen LogP contribution in [0, 0.1) is 11.8 Å². The molecule has 2 unspecified atom stereocenters. The highest BCUT2D eigenvalue weighted by Gasteiger charge is 2.22. The second-order valence-electron chi connectivity index (χ2n) is 5.38. The van der Waals surface area contributed by atoms with Crippen molar-refractivity contribution in [2.24, 2.45) is 0 Å². The predicted molar refractivity (Wildman–Crippen MR) is 82.1 cm³/mol. The molecule has 1 N–H and O–H groups in total. The van der Waals surface area contributed by atoms with Crippen molar-refractivity contribution in [1.82, 2.24) is 10.3 Å². The second-order valence-corrected chi connectivity index (χ2v) is 5.38. The molecule has 2 heterocycles. The number of aromatic nitrogens is 1. The number of nitrogens with zero attached hydrogens (tertiary/aromatic N) is 1. The van der Waals surface area contributed by atoms with E-state index >= 15 is 0 Å². The summed E-state index contributed by atoms with van der Waals surface area (Å²) in [6.07, 6.45) is 8.05. The Balaban J connectivity index is 1.87. The van der Waals surface area contributed by atoms with Gasteiger partial charge in [0.2, 0.25) is 0 Å². The molecule has 1 aromatic rings. The molecular formula is C17H23FN2O. The molecule has 0 radical (unpaired) electrons. The zero-order chi connectivity index (χ0) is 14.9. The molecule has 1 aliphatic heterocycles. The van der Waals surface area contributed by atoms with Gasteiger partial charge in [0.15, 0.2) is 0 Å². The fourth-order valence-corrected chi connectivity index (χ4v) is 2.43. The summed E-state index contributed by atoms with van der Waals surface area (Å²) in [6, 6.07) is 2.33. The normalized spacial score (nSPS) is 18.9. The summed E-state index contributed by atoms with van der Waals surface area (Å²) in [6.45, 7) is 2.89. The van der Waals surface area contributed by atoms with Gasteiger partial charge >= 0.3 is 0 Å². The fraction of sp³-hybridized carbons (Fsp3) is 0.588. The molecule has 21 heavy (non-hydrogen) atoms. The lowest BCUT2D eigenvalue weighted by Crippen LogP contribution is -2.36. The van der Waals surface area contributed by atoms with E-state index in [0.717, 1.165) is 37.1 Å². The maximum Gasteiger partial charge on any atom is 0.139 e. The molecular weight excluding hydrogens is 267 g/mol. The first-order chi connectivity index (χ1) is 10.3. The molecule has 1 saturated heterocycles. The number of pyridine rings is 1. The second kappa shape index (κ2) is 8.63. The van der Waals surface area contributed by atoms with Gasteiger partial charge in [0.05, 0.1) is 12.9 Å². The maximum absolute atomic E-state index is 12.0. The number of alkyl halides is 1. The van der Waals surface area contributed by atoms with Gasteiger partial charge in [-0.3, -0.25) is 9.37 Å². The van der Waals surface area contributed by atoms with Crippen molar-refractivity contribution in [1.29, 1.82) is 0 Å². The third kappa shape index (κ3) is 5.35. The van der Waals surface area contributed by atoms with Gasteiger partial charge in [0.1, 0.15) is 11.9 Å². The monoisotopic (exact) mass is 290 g/mol. The Morgan fingerprint density at radius 2 is 2.38 bits per heavy atom. The highest BCUT2D eigenvalue weighted by Crippen LogP contribution is 2.17. The minimum atomic E-state index is -0.264. The van der Waals surface area contributed by atoms with Crippen molar-refractivity contribution in [3.05, 3.63) is 24.0 Å². The van der Waals surface area contributed by atoms with Gasteiger partial charge in [-0.2, -0.15) is 0 Å². The van der Waals surface area contributed by atoms with E-state index in [4.69, 9.17) is 4.74 Å². The van der Waals surface area contributed by atoms with Crippen molar-refractivity contribution in [3.8, 4) is 17.6 Å². The third-order valence-corrected chi connectivity index (χ3v) is 3.62. The third-order valence-electron chi connectivity index (χ3n) is 3.62. The summed E-state index contributed by atoms with van der Waals surface area (Å²) in [5.41, 5.74) is 0.847. The van der Waals surface area contributed by atoms with Crippen LogP contribution in [0.4, 0.5) is 4.39 Å². The molecule has 1 aromatic heterocycles. The molecule has 0 amide bonds. The van der Waals surface area contributed by atoms with Crippen LogP contribution in [-0.4, -0.2) is 30.3 Å². The van der Waals surface area contributed by atoms with Gasteiger partial charge in [0.25, 0.3) is 0 Å². The Morgan fingerprint density at radius 1 is 1.48 bits per heavy atom. The van der Waals surface area contributed by atoms with Crippen LogP contribution in [0.3, 0.4) is 0 Å². The molecule has 2 atom stereocenters. The number of ether oxygens (including phenoxy) is 1. The Hall–Kier alpha value is -1.60. The maximum atomic E-state index is 12.0. The summed E-state index contributed by atoms with van der Waals surface area (Å²) >= 11 is 0. The zero-order valence-corrected chi connectivity index (χ0v) is 12.6. The highest BCUT2D eigenvalue weighted by atomic mass is 19.1. The van der Waals surface area contributed by atoms with Crippen LogP contribution in [-0.2, 0) is 0 Å². The average Bonchev–Trinajstić information content (AvgIpc) is 3.02. The van der Waals surface area contributed by atoms with E-state index in [-0.39, 0.29) is 12.8 Å². The standard InChI is InChI=1S/C17H23FN2O/c1-14(17-8-6-10-20-17)21-16-11-15(12-19-13-16)7-4-2-3-5-9-18/h11-14,17,20H,2-3,5-6,8-10H2,1H3. The van der Waals surface area contributed by atoms with E-state index < -0.39 is 0 Å². The number of rotatable bonds is 6. The van der Waals surface area contributed by atoms with Gasteiger partial charge in [-0.1, -0.05) is 11.8 Å².